The van der Waals surface area contributed by atoms with Crippen molar-refractivity contribution in [2.45, 2.75) is 57.8 Å². The molecule has 0 bridgehead atoms. The largest absolute Gasteiger partial charge is 0.346 e. The van der Waals surface area contributed by atoms with E-state index >= 15 is 0 Å². The van der Waals surface area contributed by atoms with Gasteiger partial charge in [0.2, 0.25) is 5.91 Å². The van der Waals surface area contributed by atoms with Crippen molar-refractivity contribution < 1.29 is 9.59 Å². The van der Waals surface area contributed by atoms with Crippen LogP contribution in [0.1, 0.15) is 57.8 Å². The van der Waals surface area contributed by atoms with E-state index in [0.29, 0.717) is 17.6 Å². The first-order chi connectivity index (χ1) is 8.68. The molecule has 1 aliphatic heterocycles. The average Bonchev–Trinajstić information content (AvgIpc) is 3.04. The van der Waals surface area contributed by atoms with Gasteiger partial charge >= 0.3 is 0 Å². The van der Waals surface area contributed by atoms with Crippen molar-refractivity contribution >= 4 is 11.7 Å². The maximum Gasteiger partial charge on any atom is 0.222 e. The third kappa shape index (κ3) is 3.33. The van der Waals surface area contributed by atoms with Gasteiger partial charge in [-0.1, -0.05) is 12.8 Å². The van der Waals surface area contributed by atoms with E-state index < -0.39 is 0 Å². The normalized spacial score (nSPS) is 28.7. The van der Waals surface area contributed by atoms with Crippen molar-refractivity contribution in [3.8, 4) is 0 Å². The zero-order valence-electron chi connectivity index (χ0n) is 11.5. The van der Waals surface area contributed by atoms with Gasteiger partial charge in [-0.15, -0.1) is 0 Å². The molecule has 3 aliphatic rings. The first kappa shape index (κ1) is 13.6. The third-order valence-corrected chi connectivity index (χ3v) is 4.63. The van der Waals surface area contributed by atoms with Crippen molar-refractivity contribution in [3.63, 3.8) is 0 Å². The van der Waals surface area contributed by atoms with Gasteiger partial charge in [0.1, 0.15) is 5.78 Å². The molecular weight excluding hydrogens is 226 g/mol. The highest BCUT2D eigenvalue weighted by Gasteiger charge is 2.33. The Hall–Kier alpha value is -0.860. The monoisotopic (exact) mass is 251 g/mol. The molecule has 0 N–H and O–H groups in total. The Morgan fingerprint density at radius 2 is 1.67 bits per heavy atom. The van der Waals surface area contributed by atoms with Crippen LogP contribution in [0.2, 0.25) is 0 Å². The molecule has 1 unspecified atom stereocenters. The van der Waals surface area contributed by atoms with E-state index in [9.17, 15) is 9.59 Å². The lowest BCUT2D eigenvalue weighted by atomic mass is 9.89. The molecule has 2 saturated carbocycles. The van der Waals surface area contributed by atoms with Gasteiger partial charge in [0, 0.05) is 32.4 Å². The summed E-state index contributed by atoms with van der Waals surface area (Å²) in [4.78, 5) is 23.6. The number of rotatable bonds is 1. The summed E-state index contributed by atoms with van der Waals surface area (Å²) in [7, 11) is 1.84. The summed E-state index contributed by atoms with van der Waals surface area (Å²) >= 11 is 0. The molecule has 0 aromatic heterocycles. The molecule has 1 heterocycles. The Balaban J connectivity index is 0.000000149. The molecule has 1 saturated heterocycles. The summed E-state index contributed by atoms with van der Waals surface area (Å²) in [6.45, 7) is 0.957. The van der Waals surface area contributed by atoms with Crippen LogP contribution in [0, 0.1) is 11.8 Å². The summed E-state index contributed by atoms with van der Waals surface area (Å²) in [5.74, 6) is 2.12. The minimum atomic E-state index is 0.292. The summed E-state index contributed by atoms with van der Waals surface area (Å²) in [6, 6.07) is 0. The lowest BCUT2D eigenvalue weighted by Crippen LogP contribution is -2.17. The Morgan fingerprint density at radius 3 is 2.06 bits per heavy atom. The van der Waals surface area contributed by atoms with Gasteiger partial charge < -0.3 is 4.90 Å². The van der Waals surface area contributed by atoms with Crippen LogP contribution in [-0.4, -0.2) is 30.2 Å². The number of likely N-dealkylation sites (tertiary alicyclic amines) is 1. The van der Waals surface area contributed by atoms with Crippen molar-refractivity contribution in [1.29, 1.82) is 0 Å². The number of nitrogens with zero attached hydrogens (tertiary/aromatic N) is 1. The van der Waals surface area contributed by atoms with E-state index in [1.54, 1.807) is 4.90 Å². The fourth-order valence-electron chi connectivity index (χ4n) is 3.48. The molecule has 0 aromatic rings. The maximum atomic E-state index is 11.4. The SMILES string of the molecule is CN1CCCC1=O.O=C1CCCC1C1CCCC1. The van der Waals surface area contributed by atoms with E-state index in [0.717, 1.165) is 31.7 Å². The van der Waals surface area contributed by atoms with Crippen LogP contribution < -0.4 is 0 Å². The number of amides is 1. The van der Waals surface area contributed by atoms with E-state index in [1.807, 2.05) is 7.05 Å². The summed E-state index contributed by atoms with van der Waals surface area (Å²) in [5, 5.41) is 0. The smallest absolute Gasteiger partial charge is 0.222 e. The van der Waals surface area contributed by atoms with Gasteiger partial charge in [-0.3, -0.25) is 9.59 Å². The fraction of sp³-hybridized carbons (Fsp3) is 0.867. The molecule has 3 heteroatoms. The molecule has 3 rings (SSSR count). The second-order valence-electron chi connectivity index (χ2n) is 5.93. The number of carbonyl (C=O) groups is 2. The van der Waals surface area contributed by atoms with Crippen molar-refractivity contribution in [1.82, 2.24) is 4.90 Å². The van der Waals surface area contributed by atoms with Gasteiger partial charge in [0.15, 0.2) is 0 Å². The van der Waals surface area contributed by atoms with Crippen molar-refractivity contribution in [2.75, 3.05) is 13.6 Å². The predicted molar refractivity (Wildman–Crippen MR) is 71.2 cm³/mol. The molecule has 0 spiro atoms. The van der Waals surface area contributed by atoms with E-state index in [-0.39, 0.29) is 0 Å². The van der Waals surface area contributed by atoms with Crippen LogP contribution in [0.3, 0.4) is 0 Å². The Kier molecular flexibility index (Phi) is 4.79. The first-order valence-corrected chi connectivity index (χ1v) is 7.45. The topological polar surface area (TPSA) is 37.4 Å². The number of carbonyl (C=O) groups excluding carboxylic acids is 2. The van der Waals surface area contributed by atoms with Crippen LogP contribution in [0.4, 0.5) is 0 Å². The van der Waals surface area contributed by atoms with Crippen LogP contribution in [0.15, 0.2) is 0 Å². The Labute approximate surface area is 110 Å². The molecule has 0 aromatic carbocycles. The van der Waals surface area contributed by atoms with Crippen LogP contribution in [-0.2, 0) is 9.59 Å². The van der Waals surface area contributed by atoms with Crippen molar-refractivity contribution in [2.24, 2.45) is 11.8 Å². The molecular formula is C15H25NO2. The summed E-state index contributed by atoms with van der Waals surface area (Å²) in [6.07, 6.45) is 10.5. The van der Waals surface area contributed by atoms with E-state index in [4.69, 9.17) is 0 Å². The molecule has 3 nitrogen and oxygen atoms in total. The standard InChI is InChI=1S/C10H16O.C5H9NO/c11-10-7-3-6-9(10)8-4-1-2-5-8;1-6-4-2-3-5(6)7/h8-9H,1-7H2;2-4H2,1H3. The quantitative estimate of drug-likeness (QED) is 0.718. The van der Waals surface area contributed by atoms with Gasteiger partial charge in [-0.25, -0.2) is 0 Å². The zero-order valence-corrected chi connectivity index (χ0v) is 11.5. The second kappa shape index (κ2) is 6.35. The fourth-order valence-corrected chi connectivity index (χ4v) is 3.48. The van der Waals surface area contributed by atoms with Gasteiger partial charge in [-0.2, -0.15) is 0 Å². The van der Waals surface area contributed by atoms with Crippen LogP contribution >= 0.6 is 0 Å². The molecule has 3 fully saturated rings. The number of ketones is 1. The van der Waals surface area contributed by atoms with Crippen LogP contribution in [0.25, 0.3) is 0 Å². The van der Waals surface area contributed by atoms with Gasteiger partial charge in [-0.05, 0) is 38.0 Å². The van der Waals surface area contributed by atoms with Crippen LogP contribution in [0.5, 0.6) is 0 Å². The number of hydrogen-bond acceptors (Lipinski definition) is 2. The third-order valence-electron chi connectivity index (χ3n) is 4.63. The molecule has 1 amide bonds. The number of hydrogen-bond donors (Lipinski definition) is 0. The molecule has 0 radical (unpaired) electrons. The summed E-state index contributed by atoms with van der Waals surface area (Å²) < 4.78 is 0. The lowest BCUT2D eigenvalue weighted by Gasteiger charge is -2.14. The van der Waals surface area contributed by atoms with Gasteiger partial charge in [0.25, 0.3) is 0 Å². The highest BCUT2D eigenvalue weighted by atomic mass is 16.2. The Morgan fingerprint density at radius 1 is 0.944 bits per heavy atom. The molecule has 2 aliphatic carbocycles. The minimum Gasteiger partial charge on any atom is -0.346 e. The second-order valence-corrected chi connectivity index (χ2v) is 5.93. The maximum absolute atomic E-state index is 11.4. The first-order valence-electron chi connectivity index (χ1n) is 7.45. The highest BCUT2D eigenvalue weighted by molar-refractivity contribution is 5.83. The summed E-state index contributed by atoms with van der Waals surface area (Å²) in [5.41, 5.74) is 0. The highest BCUT2D eigenvalue weighted by Crippen LogP contribution is 2.38. The Bertz CT molecular complexity index is 308. The lowest BCUT2D eigenvalue weighted by molar-refractivity contribution is -0.126. The number of Topliss-reactive ketones (excluding diaryl/α,β-unsaturated/α-hetero) is 1. The predicted octanol–water partition coefficient (Wildman–Crippen LogP) is 2.78. The molecule has 18 heavy (non-hydrogen) atoms. The van der Waals surface area contributed by atoms with E-state index in [2.05, 4.69) is 0 Å². The van der Waals surface area contributed by atoms with Crippen molar-refractivity contribution in [3.05, 3.63) is 0 Å². The minimum absolute atomic E-state index is 0.292. The molecule has 102 valence electrons. The zero-order chi connectivity index (χ0) is 13.0. The van der Waals surface area contributed by atoms with E-state index in [1.165, 1.54) is 38.5 Å². The molecule has 1 atom stereocenters. The average molecular weight is 251 g/mol. The van der Waals surface area contributed by atoms with Gasteiger partial charge in [0.05, 0.1) is 0 Å².